The van der Waals surface area contributed by atoms with E-state index in [1.54, 1.807) is 0 Å². The maximum atomic E-state index is 11.9. The largest absolute Gasteiger partial charge is 0.468 e. The lowest BCUT2D eigenvalue weighted by Crippen LogP contribution is -2.21. The fraction of sp³-hybridized carbons (Fsp3) is 0.917. The summed E-state index contributed by atoms with van der Waals surface area (Å²) in [6.45, 7) is 4.10. The summed E-state index contributed by atoms with van der Waals surface area (Å²) in [6, 6.07) is 0. The van der Waals surface area contributed by atoms with E-state index < -0.39 is 6.43 Å². The number of ether oxygens (including phenoxy) is 1. The standard InChI is InChI=1S/C12H22F2O2S/c1-9(2)8-10(12(15)16-3)17-7-5-4-6-11(13)14/h9-11H,4-8H2,1-3H3. The first-order chi connectivity index (χ1) is 7.97. The van der Waals surface area contributed by atoms with Crippen molar-refractivity contribution in [1.29, 1.82) is 0 Å². The lowest BCUT2D eigenvalue weighted by Gasteiger charge is -2.16. The van der Waals surface area contributed by atoms with Gasteiger partial charge in [0.2, 0.25) is 6.43 Å². The molecule has 17 heavy (non-hydrogen) atoms. The second kappa shape index (κ2) is 9.68. The smallest absolute Gasteiger partial charge is 0.318 e. The summed E-state index contributed by atoms with van der Waals surface area (Å²) in [7, 11) is 1.38. The van der Waals surface area contributed by atoms with E-state index in [0.29, 0.717) is 12.3 Å². The van der Waals surface area contributed by atoms with Gasteiger partial charge >= 0.3 is 5.97 Å². The Hall–Kier alpha value is -0.320. The Morgan fingerprint density at radius 1 is 1.29 bits per heavy atom. The van der Waals surface area contributed by atoms with Crippen LogP contribution in [0.5, 0.6) is 0 Å². The van der Waals surface area contributed by atoms with Crippen LogP contribution < -0.4 is 0 Å². The number of methoxy groups -OCH3 is 1. The summed E-state index contributed by atoms with van der Waals surface area (Å²) >= 11 is 1.51. The van der Waals surface area contributed by atoms with E-state index in [0.717, 1.165) is 18.6 Å². The minimum Gasteiger partial charge on any atom is -0.468 e. The normalized spacial score (nSPS) is 13.1. The molecule has 0 rings (SSSR count). The number of hydrogen-bond donors (Lipinski definition) is 0. The van der Waals surface area contributed by atoms with Gasteiger partial charge < -0.3 is 4.74 Å². The summed E-state index contributed by atoms with van der Waals surface area (Å²) in [5.74, 6) is 0.948. The Labute approximate surface area is 106 Å². The zero-order valence-electron chi connectivity index (χ0n) is 10.7. The Morgan fingerprint density at radius 3 is 2.41 bits per heavy atom. The summed E-state index contributed by atoms with van der Waals surface area (Å²) in [4.78, 5) is 11.5. The summed E-state index contributed by atoms with van der Waals surface area (Å²) in [5, 5.41) is -0.161. The summed E-state index contributed by atoms with van der Waals surface area (Å²) < 4.78 is 28.5. The molecule has 0 aromatic heterocycles. The quantitative estimate of drug-likeness (QED) is 0.470. The molecule has 102 valence electrons. The molecule has 0 aliphatic rings. The van der Waals surface area contributed by atoms with E-state index in [9.17, 15) is 13.6 Å². The number of thioether (sulfide) groups is 1. The van der Waals surface area contributed by atoms with Crippen molar-refractivity contribution < 1.29 is 18.3 Å². The predicted octanol–water partition coefficient (Wildman–Crippen LogP) is 3.74. The molecule has 0 heterocycles. The predicted molar refractivity (Wildman–Crippen MR) is 67.6 cm³/mol. The van der Waals surface area contributed by atoms with Crippen LogP contribution in [-0.2, 0) is 9.53 Å². The van der Waals surface area contributed by atoms with E-state index in [1.807, 2.05) is 13.8 Å². The van der Waals surface area contributed by atoms with Crippen LogP contribution in [0.1, 0.15) is 39.5 Å². The maximum Gasteiger partial charge on any atom is 0.318 e. The molecule has 0 aromatic rings. The van der Waals surface area contributed by atoms with Crippen LogP contribution in [0.2, 0.25) is 0 Å². The fourth-order valence-electron chi connectivity index (χ4n) is 1.42. The number of esters is 1. The number of carbonyl (C=O) groups is 1. The van der Waals surface area contributed by atoms with E-state index in [1.165, 1.54) is 18.9 Å². The van der Waals surface area contributed by atoms with Crippen LogP contribution in [0, 0.1) is 5.92 Å². The molecule has 2 nitrogen and oxygen atoms in total. The minimum atomic E-state index is -2.22. The molecular weight excluding hydrogens is 246 g/mol. The first-order valence-corrected chi connectivity index (χ1v) is 6.99. The molecule has 0 saturated heterocycles. The molecule has 0 aliphatic heterocycles. The van der Waals surface area contributed by atoms with Crippen molar-refractivity contribution in [3.8, 4) is 0 Å². The summed E-state index contributed by atoms with van der Waals surface area (Å²) in [6.07, 6.45) is -0.257. The molecule has 0 N–H and O–H groups in total. The highest BCUT2D eigenvalue weighted by atomic mass is 32.2. The average Bonchev–Trinajstić information content (AvgIpc) is 2.25. The molecular formula is C12H22F2O2S. The third-order valence-corrected chi connectivity index (χ3v) is 3.60. The monoisotopic (exact) mass is 268 g/mol. The van der Waals surface area contributed by atoms with Gasteiger partial charge in [0.25, 0.3) is 0 Å². The van der Waals surface area contributed by atoms with E-state index >= 15 is 0 Å². The molecule has 0 saturated carbocycles. The van der Waals surface area contributed by atoms with Crippen molar-refractivity contribution in [3.05, 3.63) is 0 Å². The Morgan fingerprint density at radius 2 is 1.94 bits per heavy atom. The highest BCUT2D eigenvalue weighted by Crippen LogP contribution is 2.22. The highest BCUT2D eigenvalue weighted by Gasteiger charge is 2.20. The zero-order valence-corrected chi connectivity index (χ0v) is 11.6. The second-order valence-electron chi connectivity index (χ2n) is 4.40. The molecule has 0 aliphatic carbocycles. The SMILES string of the molecule is COC(=O)C(CC(C)C)SCCCCC(F)F. The van der Waals surface area contributed by atoms with Gasteiger partial charge in [0.1, 0.15) is 5.25 Å². The topological polar surface area (TPSA) is 26.3 Å². The van der Waals surface area contributed by atoms with Crippen LogP contribution >= 0.6 is 11.8 Å². The molecule has 0 aromatic carbocycles. The van der Waals surface area contributed by atoms with Crippen molar-refractivity contribution in [2.75, 3.05) is 12.9 Å². The fourth-order valence-corrected chi connectivity index (χ4v) is 2.83. The van der Waals surface area contributed by atoms with Gasteiger partial charge in [0.15, 0.2) is 0 Å². The lowest BCUT2D eigenvalue weighted by molar-refractivity contribution is -0.140. The van der Waals surface area contributed by atoms with Crippen LogP contribution in [0.3, 0.4) is 0 Å². The van der Waals surface area contributed by atoms with Gasteiger partial charge in [-0.15, -0.1) is 11.8 Å². The second-order valence-corrected chi connectivity index (χ2v) is 5.71. The van der Waals surface area contributed by atoms with Gasteiger partial charge in [-0.1, -0.05) is 13.8 Å². The van der Waals surface area contributed by atoms with Gasteiger partial charge in [0.05, 0.1) is 7.11 Å². The first kappa shape index (κ1) is 16.7. The van der Waals surface area contributed by atoms with Crippen molar-refractivity contribution in [2.45, 2.75) is 51.2 Å². The molecule has 0 spiro atoms. The number of hydrogen-bond acceptors (Lipinski definition) is 3. The molecule has 5 heteroatoms. The summed E-state index contributed by atoms with van der Waals surface area (Å²) in [5.41, 5.74) is 0. The molecule has 0 amide bonds. The number of carbonyl (C=O) groups excluding carboxylic acids is 1. The van der Waals surface area contributed by atoms with Gasteiger partial charge in [-0.3, -0.25) is 4.79 Å². The third kappa shape index (κ3) is 9.39. The lowest BCUT2D eigenvalue weighted by atomic mass is 10.1. The van der Waals surface area contributed by atoms with Gasteiger partial charge in [-0.2, -0.15) is 0 Å². The first-order valence-electron chi connectivity index (χ1n) is 5.95. The van der Waals surface area contributed by atoms with Gasteiger partial charge in [-0.05, 0) is 30.9 Å². The Bertz CT molecular complexity index is 211. The van der Waals surface area contributed by atoms with Crippen LogP contribution in [-0.4, -0.2) is 30.5 Å². The number of unbranched alkanes of at least 4 members (excludes halogenated alkanes) is 1. The van der Waals surface area contributed by atoms with Gasteiger partial charge in [-0.25, -0.2) is 8.78 Å². The molecule has 1 atom stereocenters. The van der Waals surface area contributed by atoms with Crippen LogP contribution in [0.4, 0.5) is 8.78 Å². The highest BCUT2D eigenvalue weighted by molar-refractivity contribution is 8.00. The van der Waals surface area contributed by atoms with E-state index in [2.05, 4.69) is 0 Å². The number of halogens is 2. The minimum absolute atomic E-state index is 0.0480. The molecule has 0 bridgehead atoms. The third-order valence-electron chi connectivity index (χ3n) is 2.29. The number of rotatable bonds is 9. The van der Waals surface area contributed by atoms with Crippen LogP contribution in [0.25, 0.3) is 0 Å². The average molecular weight is 268 g/mol. The van der Waals surface area contributed by atoms with Crippen molar-refractivity contribution in [1.82, 2.24) is 0 Å². The van der Waals surface area contributed by atoms with Crippen molar-refractivity contribution in [2.24, 2.45) is 5.92 Å². The zero-order chi connectivity index (χ0) is 13.3. The van der Waals surface area contributed by atoms with E-state index in [-0.39, 0.29) is 17.6 Å². The molecule has 0 fully saturated rings. The molecule has 0 radical (unpaired) electrons. The number of alkyl halides is 2. The van der Waals surface area contributed by atoms with E-state index in [4.69, 9.17) is 4.74 Å². The Balaban J connectivity index is 3.80. The van der Waals surface area contributed by atoms with Gasteiger partial charge in [0, 0.05) is 6.42 Å². The van der Waals surface area contributed by atoms with Crippen LogP contribution in [0.15, 0.2) is 0 Å². The maximum absolute atomic E-state index is 11.9. The van der Waals surface area contributed by atoms with Crippen molar-refractivity contribution in [3.63, 3.8) is 0 Å². The van der Waals surface area contributed by atoms with Crippen molar-refractivity contribution >= 4 is 17.7 Å². The Kier molecular flexibility index (Phi) is 9.50. The molecule has 1 unspecified atom stereocenters.